The van der Waals surface area contributed by atoms with Crippen LogP contribution in [0.4, 0.5) is 5.82 Å². The van der Waals surface area contributed by atoms with E-state index in [1.54, 1.807) is 7.11 Å². The summed E-state index contributed by atoms with van der Waals surface area (Å²) in [4.78, 5) is 21.1. The van der Waals surface area contributed by atoms with Crippen molar-refractivity contribution in [2.75, 3.05) is 18.6 Å². The van der Waals surface area contributed by atoms with E-state index in [4.69, 9.17) is 9.72 Å². The first kappa shape index (κ1) is 29.9. The van der Waals surface area contributed by atoms with E-state index < -0.39 is 0 Å². The largest absolute Gasteiger partial charge is 0.496 e. The number of pyridine rings is 1. The lowest BCUT2D eigenvalue weighted by atomic mass is 9.56. The lowest BCUT2D eigenvalue weighted by Crippen LogP contribution is -2.47. The van der Waals surface area contributed by atoms with E-state index in [1.165, 1.54) is 36.8 Å². The van der Waals surface area contributed by atoms with Gasteiger partial charge in [0.15, 0.2) is 0 Å². The summed E-state index contributed by atoms with van der Waals surface area (Å²) in [6.07, 6.45) is 15.5. The number of fused-ring (bicyclic) bond motifs is 2. The zero-order valence-electron chi connectivity index (χ0n) is 26.3. The molecule has 0 radical (unpaired) electrons. The third-order valence-corrected chi connectivity index (χ3v) is 10.8. The van der Waals surface area contributed by atoms with Crippen molar-refractivity contribution in [1.29, 1.82) is 0 Å². The van der Waals surface area contributed by atoms with Crippen molar-refractivity contribution >= 4 is 11.7 Å². The van der Waals surface area contributed by atoms with Gasteiger partial charge in [0.1, 0.15) is 11.6 Å². The lowest BCUT2D eigenvalue weighted by molar-refractivity contribution is -0.124. The number of aryl methyl sites for hydroxylation is 1. The quantitative estimate of drug-likeness (QED) is 0.301. The van der Waals surface area contributed by atoms with Crippen molar-refractivity contribution in [2.45, 2.75) is 103 Å². The Balaban J connectivity index is 1.27. The van der Waals surface area contributed by atoms with Crippen LogP contribution < -0.4 is 9.64 Å². The van der Waals surface area contributed by atoms with E-state index in [0.717, 1.165) is 48.4 Å². The van der Waals surface area contributed by atoms with Crippen LogP contribution in [0.2, 0.25) is 0 Å². The number of rotatable bonds is 8. The van der Waals surface area contributed by atoms with E-state index in [9.17, 15) is 9.90 Å². The zero-order chi connectivity index (χ0) is 30.1. The number of ether oxygens (including phenoxy) is 1. The highest BCUT2D eigenvalue weighted by Gasteiger charge is 2.45. The molecule has 230 valence electrons. The molecule has 3 atom stereocenters. The van der Waals surface area contributed by atoms with Crippen molar-refractivity contribution in [2.24, 2.45) is 17.8 Å². The Hall–Kier alpha value is -3.19. The van der Waals surface area contributed by atoms with Gasteiger partial charge in [-0.2, -0.15) is 5.10 Å². The van der Waals surface area contributed by atoms with Gasteiger partial charge in [-0.15, -0.1) is 0 Å². The number of benzene rings is 1. The first-order valence-electron chi connectivity index (χ1n) is 16.4. The minimum Gasteiger partial charge on any atom is -0.496 e. The van der Waals surface area contributed by atoms with E-state index in [1.807, 2.05) is 28.0 Å². The van der Waals surface area contributed by atoms with Crippen LogP contribution in [0, 0.1) is 24.7 Å². The summed E-state index contributed by atoms with van der Waals surface area (Å²) in [5.74, 6) is 2.84. The summed E-state index contributed by atoms with van der Waals surface area (Å²) in [6, 6.07) is 11.2. The number of nitrogens with zero attached hydrogens (tertiary/aromatic N) is 4. The van der Waals surface area contributed by atoms with Crippen molar-refractivity contribution < 1.29 is 14.6 Å². The third-order valence-electron chi connectivity index (χ3n) is 10.8. The molecule has 2 heterocycles. The van der Waals surface area contributed by atoms with Gasteiger partial charge in [-0.3, -0.25) is 14.4 Å². The average molecular weight is 585 g/mol. The Morgan fingerprint density at radius 2 is 1.91 bits per heavy atom. The van der Waals surface area contributed by atoms with Crippen molar-refractivity contribution in [1.82, 2.24) is 14.8 Å². The fourth-order valence-corrected chi connectivity index (χ4v) is 8.18. The van der Waals surface area contributed by atoms with Gasteiger partial charge >= 0.3 is 0 Å². The molecule has 3 aliphatic carbocycles. The maximum absolute atomic E-state index is 14.3. The molecule has 0 saturated heterocycles. The molecule has 0 spiro atoms. The molecule has 1 aromatic carbocycles. The van der Waals surface area contributed by atoms with Gasteiger partial charge < -0.3 is 9.84 Å². The molecule has 3 saturated carbocycles. The molecule has 2 aromatic heterocycles. The highest BCUT2D eigenvalue weighted by molar-refractivity contribution is 5.94. The van der Waals surface area contributed by atoms with Crippen LogP contribution in [0.3, 0.4) is 0 Å². The monoisotopic (exact) mass is 584 g/mol. The molecular weight excluding hydrogens is 536 g/mol. The standard InChI is InChI=1S/C36H48N4O3/c1-24(2)40-23-30(21-38-40)27-14-17-37-34(19-27)39(35(42)26-7-10-32(41)11-8-26)22-29-13-16-36(15-5-6-28(29)20-36)31-9-12-33(43-4)25(3)18-31/h9,12,14,17-19,21,23-24,26,28-29,32,41H,5-8,10-11,13,15-16,20,22H2,1-4H3/t26-,28?,29?,32-,36?. The lowest BCUT2D eigenvalue weighted by Gasteiger charge is -2.50. The second kappa shape index (κ2) is 12.4. The number of methoxy groups -OCH3 is 1. The maximum atomic E-state index is 14.3. The normalized spacial score (nSPS) is 27.2. The number of carbonyl (C=O) groups is 1. The topological polar surface area (TPSA) is 80.5 Å². The molecule has 2 bridgehead atoms. The third kappa shape index (κ3) is 6.11. The first-order valence-corrected chi connectivity index (χ1v) is 16.4. The van der Waals surface area contributed by atoms with Crippen LogP contribution in [0.1, 0.15) is 95.2 Å². The second-order valence-electron chi connectivity index (χ2n) is 13.8. The van der Waals surface area contributed by atoms with Crippen LogP contribution in [0.25, 0.3) is 11.1 Å². The van der Waals surface area contributed by atoms with E-state index in [2.05, 4.69) is 56.3 Å². The van der Waals surface area contributed by atoms with Gasteiger partial charge in [0.2, 0.25) is 5.91 Å². The SMILES string of the molecule is COc1ccc(C23CCCC(C2)C(CN(c2cc(-c4cnn(C(C)C)c4)ccn2)C(=O)[C@H]2CC[C@H](O)CC2)CC3)cc1C. The molecule has 0 aliphatic heterocycles. The van der Waals surface area contributed by atoms with E-state index >= 15 is 0 Å². The second-order valence-corrected chi connectivity index (χ2v) is 13.8. The van der Waals surface area contributed by atoms with Gasteiger partial charge in [0.25, 0.3) is 0 Å². The fourth-order valence-electron chi connectivity index (χ4n) is 8.18. The Labute approximate surface area is 256 Å². The Morgan fingerprint density at radius 3 is 2.63 bits per heavy atom. The molecule has 3 unspecified atom stereocenters. The number of hydrogen-bond acceptors (Lipinski definition) is 5. The van der Waals surface area contributed by atoms with Crippen LogP contribution in [-0.2, 0) is 10.2 Å². The van der Waals surface area contributed by atoms with Gasteiger partial charge in [-0.25, -0.2) is 4.98 Å². The summed E-state index contributed by atoms with van der Waals surface area (Å²) in [7, 11) is 1.74. The molecule has 7 nitrogen and oxygen atoms in total. The van der Waals surface area contributed by atoms with Crippen molar-refractivity contribution in [3.63, 3.8) is 0 Å². The molecule has 3 fully saturated rings. The molecule has 3 aliphatic rings. The summed E-state index contributed by atoms with van der Waals surface area (Å²) in [5, 5.41) is 14.7. The number of aliphatic hydroxyl groups is 1. The molecule has 1 amide bonds. The van der Waals surface area contributed by atoms with Gasteiger partial charge in [-0.1, -0.05) is 25.0 Å². The first-order chi connectivity index (χ1) is 20.8. The summed E-state index contributed by atoms with van der Waals surface area (Å²) in [5.41, 5.74) is 4.95. The van der Waals surface area contributed by atoms with Crippen LogP contribution in [-0.4, -0.2) is 45.5 Å². The van der Waals surface area contributed by atoms with Crippen LogP contribution in [0.15, 0.2) is 48.9 Å². The molecule has 3 aromatic rings. The highest BCUT2D eigenvalue weighted by Crippen LogP contribution is 2.53. The Bertz CT molecular complexity index is 1430. The zero-order valence-corrected chi connectivity index (χ0v) is 26.3. The minimum absolute atomic E-state index is 0.0612. The predicted octanol–water partition coefficient (Wildman–Crippen LogP) is 7.27. The fraction of sp³-hybridized carbons (Fsp3) is 0.583. The summed E-state index contributed by atoms with van der Waals surface area (Å²) < 4.78 is 7.52. The number of aliphatic hydroxyl groups excluding tert-OH is 1. The maximum Gasteiger partial charge on any atom is 0.231 e. The van der Waals surface area contributed by atoms with Crippen molar-refractivity contribution in [3.8, 4) is 16.9 Å². The predicted molar refractivity (Wildman–Crippen MR) is 170 cm³/mol. The smallest absolute Gasteiger partial charge is 0.231 e. The number of aromatic nitrogens is 3. The number of amides is 1. The minimum atomic E-state index is -0.285. The summed E-state index contributed by atoms with van der Waals surface area (Å²) >= 11 is 0. The molecule has 6 rings (SSSR count). The van der Waals surface area contributed by atoms with Crippen LogP contribution in [0.5, 0.6) is 5.75 Å². The Kier molecular flexibility index (Phi) is 8.63. The molecule has 1 N–H and O–H groups in total. The van der Waals surface area contributed by atoms with Crippen molar-refractivity contribution in [3.05, 3.63) is 60.0 Å². The number of hydrogen-bond donors (Lipinski definition) is 1. The average Bonchev–Trinajstić information content (AvgIpc) is 3.52. The van der Waals surface area contributed by atoms with E-state index in [-0.39, 0.29) is 29.4 Å². The molecule has 43 heavy (non-hydrogen) atoms. The highest BCUT2D eigenvalue weighted by atomic mass is 16.5. The number of carbonyl (C=O) groups excluding carboxylic acids is 1. The summed E-state index contributed by atoms with van der Waals surface area (Å²) in [6.45, 7) is 7.10. The molecular formula is C36H48N4O3. The van der Waals surface area contributed by atoms with E-state index in [0.29, 0.717) is 31.2 Å². The number of anilines is 1. The molecule has 7 heteroatoms. The van der Waals surface area contributed by atoms with Gasteiger partial charge in [-0.05, 0) is 124 Å². The van der Waals surface area contributed by atoms with Crippen LogP contribution >= 0.6 is 0 Å². The van der Waals surface area contributed by atoms with Gasteiger partial charge in [0.05, 0.1) is 19.4 Å². The Morgan fingerprint density at radius 1 is 1.09 bits per heavy atom. The van der Waals surface area contributed by atoms with Gasteiger partial charge in [0, 0.05) is 36.5 Å².